The number of carbonyl (C=O) groups is 1. The lowest BCUT2D eigenvalue weighted by Gasteiger charge is -2.09. The highest BCUT2D eigenvalue weighted by Gasteiger charge is 2.21. The van der Waals surface area contributed by atoms with E-state index in [0.29, 0.717) is 6.42 Å². The van der Waals surface area contributed by atoms with Crippen LogP contribution in [0, 0.1) is 10.1 Å². The second-order valence-corrected chi connectivity index (χ2v) is 3.43. The van der Waals surface area contributed by atoms with Crippen LogP contribution in [0.4, 0.5) is 5.69 Å². The number of carbonyl (C=O) groups excluding carboxylic acids is 1. The van der Waals surface area contributed by atoms with Gasteiger partial charge in [0.05, 0.1) is 16.6 Å². The third-order valence-corrected chi connectivity index (χ3v) is 2.31. The fraction of sp³-hybridized carbons (Fsp3) is 0.364. The molecule has 5 heteroatoms. The Morgan fingerprint density at radius 2 is 2.12 bits per heavy atom. The van der Waals surface area contributed by atoms with E-state index in [4.69, 9.17) is 0 Å². The number of benzene rings is 1. The summed E-state index contributed by atoms with van der Waals surface area (Å²) in [6.45, 7) is 1.69. The number of hydrogen-bond acceptors (Lipinski definition) is 4. The van der Waals surface area contributed by atoms with Crippen molar-refractivity contribution in [2.24, 2.45) is 0 Å². The van der Waals surface area contributed by atoms with Crippen molar-refractivity contribution >= 4 is 11.5 Å². The van der Waals surface area contributed by atoms with Crippen molar-refractivity contribution in [3.63, 3.8) is 0 Å². The average molecular weight is 223 g/mol. The highest BCUT2D eigenvalue weighted by atomic mass is 16.6. The van der Waals surface area contributed by atoms with Gasteiger partial charge in [0.15, 0.2) is 0 Å². The van der Waals surface area contributed by atoms with Crippen LogP contribution in [0.15, 0.2) is 24.3 Å². The summed E-state index contributed by atoms with van der Waals surface area (Å²) in [6.07, 6.45) is -0.868. The fourth-order valence-electron chi connectivity index (χ4n) is 1.41. The Balaban J connectivity index is 2.94. The van der Waals surface area contributed by atoms with Crippen molar-refractivity contribution in [2.45, 2.75) is 25.9 Å². The highest BCUT2D eigenvalue weighted by molar-refractivity contribution is 5.78. The van der Waals surface area contributed by atoms with Crippen molar-refractivity contribution in [3.8, 4) is 0 Å². The van der Waals surface area contributed by atoms with Crippen molar-refractivity contribution in [3.05, 3.63) is 39.9 Å². The van der Waals surface area contributed by atoms with E-state index in [0.717, 1.165) is 0 Å². The zero-order valence-corrected chi connectivity index (χ0v) is 8.92. The summed E-state index contributed by atoms with van der Waals surface area (Å²) >= 11 is 0. The molecule has 1 rings (SSSR count). The number of rotatable bonds is 5. The maximum atomic E-state index is 11.1. The molecular formula is C11H13NO4. The predicted octanol–water partition coefficient (Wildman–Crippen LogP) is 2.00. The molecule has 1 N–H and O–H groups in total. The molecule has 0 spiro atoms. The van der Waals surface area contributed by atoms with Gasteiger partial charge in [-0.3, -0.25) is 14.9 Å². The van der Waals surface area contributed by atoms with Crippen LogP contribution in [0.2, 0.25) is 0 Å². The number of ketones is 1. The molecule has 5 nitrogen and oxygen atoms in total. The second kappa shape index (κ2) is 5.37. The van der Waals surface area contributed by atoms with E-state index >= 15 is 0 Å². The van der Waals surface area contributed by atoms with Gasteiger partial charge in [-0.15, -0.1) is 0 Å². The number of nitro groups is 1. The first-order valence-corrected chi connectivity index (χ1v) is 4.99. The van der Waals surface area contributed by atoms with Gasteiger partial charge in [0, 0.05) is 18.9 Å². The molecule has 1 atom stereocenters. The van der Waals surface area contributed by atoms with Crippen LogP contribution in [-0.2, 0) is 4.79 Å². The van der Waals surface area contributed by atoms with Gasteiger partial charge < -0.3 is 5.11 Å². The summed E-state index contributed by atoms with van der Waals surface area (Å²) < 4.78 is 0. The first kappa shape index (κ1) is 12.3. The largest absolute Gasteiger partial charge is 0.388 e. The molecule has 0 fully saturated rings. The standard InChI is InChI=1S/C11H13NO4/c1-2-8(13)7-11(14)9-5-3-4-6-10(9)12(15)16/h3-6,11,14H,2,7H2,1H3. The number of nitro benzene ring substituents is 1. The number of nitrogens with zero attached hydrogens (tertiary/aromatic N) is 1. The Morgan fingerprint density at radius 3 is 2.69 bits per heavy atom. The van der Waals surface area contributed by atoms with Crippen LogP contribution in [0.3, 0.4) is 0 Å². The van der Waals surface area contributed by atoms with E-state index in [1.165, 1.54) is 18.2 Å². The lowest BCUT2D eigenvalue weighted by molar-refractivity contribution is -0.386. The molecule has 0 aromatic heterocycles. The maximum Gasteiger partial charge on any atom is 0.275 e. The van der Waals surface area contributed by atoms with Gasteiger partial charge in [-0.25, -0.2) is 0 Å². The number of hydrogen-bond donors (Lipinski definition) is 1. The second-order valence-electron chi connectivity index (χ2n) is 3.43. The topological polar surface area (TPSA) is 80.4 Å². The summed E-state index contributed by atoms with van der Waals surface area (Å²) in [6, 6.07) is 5.90. The molecule has 1 unspecified atom stereocenters. The van der Waals surface area contributed by atoms with E-state index in [1.807, 2.05) is 0 Å². The minimum Gasteiger partial charge on any atom is -0.388 e. The van der Waals surface area contributed by atoms with Crippen LogP contribution < -0.4 is 0 Å². The first-order chi connectivity index (χ1) is 7.56. The normalized spacial score (nSPS) is 12.1. The molecule has 1 aromatic rings. The van der Waals surface area contributed by atoms with Crippen molar-refractivity contribution in [1.82, 2.24) is 0 Å². The molecule has 0 aliphatic carbocycles. The summed E-state index contributed by atoms with van der Waals surface area (Å²) in [7, 11) is 0. The Hall–Kier alpha value is -1.75. The SMILES string of the molecule is CCC(=O)CC(O)c1ccccc1[N+](=O)[O-]. The van der Waals surface area contributed by atoms with E-state index in [1.54, 1.807) is 13.0 Å². The molecule has 0 bridgehead atoms. The van der Waals surface area contributed by atoms with E-state index in [2.05, 4.69) is 0 Å². The average Bonchev–Trinajstić information content (AvgIpc) is 2.28. The molecule has 0 aliphatic heterocycles. The minimum absolute atomic E-state index is 0.0820. The van der Waals surface area contributed by atoms with E-state index in [9.17, 15) is 20.0 Å². The number of aliphatic hydroxyl groups is 1. The Labute approximate surface area is 92.9 Å². The Kier molecular flexibility index (Phi) is 4.13. The quantitative estimate of drug-likeness (QED) is 0.611. The number of aliphatic hydroxyl groups excluding tert-OH is 1. The zero-order valence-electron chi connectivity index (χ0n) is 8.92. The third kappa shape index (κ3) is 2.87. The lowest BCUT2D eigenvalue weighted by Crippen LogP contribution is -2.07. The fourth-order valence-corrected chi connectivity index (χ4v) is 1.41. The molecule has 16 heavy (non-hydrogen) atoms. The molecule has 86 valence electrons. The van der Waals surface area contributed by atoms with Gasteiger partial charge in [0.25, 0.3) is 5.69 Å². The van der Waals surface area contributed by atoms with Gasteiger partial charge in [0.2, 0.25) is 0 Å². The van der Waals surface area contributed by atoms with Crippen LogP contribution >= 0.6 is 0 Å². The summed E-state index contributed by atoms with van der Waals surface area (Å²) in [5.41, 5.74) is 0.0354. The lowest BCUT2D eigenvalue weighted by atomic mass is 10.0. The minimum atomic E-state index is -1.10. The molecule has 0 saturated heterocycles. The molecular weight excluding hydrogens is 210 g/mol. The monoisotopic (exact) mass is 223 g/mol. The number of Topliss-reactive ketones (excluding diaryl/α,β-unsaturated/α-hetero) is 1. The smallest absolute Gasteiger partial charge is 0.275 e. The predicted molar refractivity (Wildman–Crippen MR) is 58.0 cm³/mol. The van der Waals surface area contributed by atoms with E-state index < -0.39 is 11.0 Å². The zero-order chi connectivity index (χ0) is 12.1. The summed E-state index contributed by atoms with van der Waals surface area (Å²) in [4.78, 5) is 21.3. The number of para-hydroxylation sites is 1. The van der Waals surface area contributed by atoms with Gasteiger partial charge in [0.1, 0.15) is 5.78 Å². The molecule has 0 radical (unpaired) electrons. The van der Waals surface area contributed by atoms with Crippen molar-refractivity contribution in [2.75, 3.05) is 0 Å². The highest BCUT2D eigenvalue weighted by Crippen LogP contribution is 2.26. The van der Waals surface area contributed by atoms with Gasteiger partial charge in [-0.1, -0.05) is 19.1 Å². The van der Waals surface area contributed by atoms with Crippen LogP contribution in [0.25, 0.3) is 0 Å². The van der Waals surface area contributed by atoms with Gasteiger partial charge >= 0.3 is 0 Å². The van der Waals surface area contributed by atoms with Crippen molar-refractivity contribution < 1.29 is 14.8 Å². The maximum absolute atomic E-state index is 11.1. The molecule has 0 saturated carbocycles. The molecule has 0 heterocycles. The molecule has 0 amide bonds. The Bertz CT molecular complexity index is 403. The van der Waals surface area contributed by atoms with Crippen LogP contribution in [0.5, 0.6) is 0 Å². The van der Waals surface area contributed by atoms with Gasteiger partial charge in [-0.2, -0.15) is 0 Å². The summed E-state index contributed by atoms with van der Waals surface area (Å²) in [5, 5.41) is 20.4. The molecule has 0 aliphatic rings. The Morgan fingerprint density at radius 1 is 1.50 bits per heavy atom. The first-order valence-electron chi connectivity index (χ1n) is 4.99. The van der Waals surface area contributed by atoms with Crippen LogP contribution in [0.1, 0.15) is 31.4 Å². The summed E-state index contributed by atoms with van der Waals surface area (Å²) in [5.74, 6) is -0.120. The van der Waals surface area contributed by atoms with E-state index in [-0.39, 0.29) is 23.5 Å². The van der Waals surface area contributed by atoms with Crippen LogP contribution in [-0.4, -0.2) is 15.8 Å². The third-order valence-electron chi connectivity index (χ3n) is 2.31. The molecule has 1 aromatic carbocycles. The van der Waals surface area contributed by atoms with Gasteiger partial charge in [-0.05, 0) is 6.07 Å². The van der Waals surface area contributed by atoms with Crippen molar-refractivity contribution in [1.29, 1.82) is 0 Å².